The highest BCUT2D eigenvalue weighted by Gasteiger charge is 2.47. The van der Waals surface area contributed by atoms with Gasteiger partial charge in [-0.15, -0.1) is 0 Å². The van der Waals surface area contributed by atoms with Crippen LogP contribution in [-0.2, 0) is 16.5 Å². The molecule has 0 aromatic heterocycles. The van der Waals surface area contributed by atoms with Crippen molar-refractivity contribution in [3.05, 3.63) is 51.5 Å². The van der Waals surface area contributed by atoms with E-state index in [1.807, 2.05) is 13.0 Å². The molecule has 0 bridgehead atoms. The smallest absolute Gasteiger partial charge is 0.294 e. The van der Waals surface area contributed by atoms with Gasteiger partial charge in [-0.3, -0.25) is 14.2 Å². The van der Waals surface area contributed by atoms with Gasteiger partial charge < -0.3 is 9.47 Å². The van der Waals surface area contributed by atoms with Gasteiger partial charge >= 0.3 is 0 Å². The van der Waals surface area contributed by atoms with Crippen LogP contribution in [0.4, 0.5) is 0 Å². The zero-order valence-electron chi connectivity index (χ0n) is 18.5. The van der Waals surface area contributed by atoms with Crippen molar-refractivity contribution in [1.82, 2.24) is 4.90 Å². The summed E-state index contributed by atoms with van der Waals surface area (Å²) in [5, 5.41) is 0.480. The molecule has 176 valence electrons. The molecule has 1 saturated heterocycles. The minimum absolute atomic E-state index is 0.00398. The molecule has 0 saturated carbocycles. The van der Waals surface area contributed by atoms with Crippen LogP contribution < -0.4 is 9.47 Å². The normalized spacial score (nSPS) is 24.5. The molecule has 2 aliphatic heterocycles. The van der Waals surface area contributed by atoms with E-state index in [-0.39, 0.29) is 35.5 Å². The molecule has 7 nitrogen and oxygen atoms in total. The van der Waals surface area contributed by atoms with Gasteiger partial charge in [-0.2, -0.15) is 8.42 Å². The molecule has 5 rings (SSSR count). The minimum Gasteiger partial charge on any atom is -0.454 e. The standard InChI is InChI=1S/C24H26ClNO6S/c1-3-8-26-18(16-9-13(2)4-7-21(16)33(28,29)30)6-5-14-19(26)10-15-17(25)11-20-24(32-12-31-20)22(15)23(14)27/h4,7,9,11,14,18-19H,3,5-6,8,10,12H2,1-2H3,(H,28,29,30)/t14-,18?,19+/m0/s1. The second-order valence-corrected chi connectivity index (χ2v) is 10.8. The Morgan fingerprint density at radius 2 is 2.00 bits per heavy atom. The van der Waals surface area contributed by atoms with E-state index in [2.05, 4.69) is 11.8 Å². The van der Waals surface area contributed by atoms with Crippen molar-refractivity contribution in [2.24, 2.45) is 5.92 Å². The van der Waals surface area contributed by atoms with Crippen molar-refractivity contribution in [3.8, 4) is 11.5 Å². The maximum absolute atomic E-state index is 13.7. The second kappa shape index (κ2) is 8.27. The van der Waals surface area contributed by atoms with Crippen molar-refractivity contribution in [1.29, 1.82) is 0 Å². The van der Waals surface area contributed by atoms with E-state index in [1.165, 1.54) is 6.07 Å². The third-order valence-electron chi connectivity index (χ3n) is 7.04. The van der Waals surface area contributed by atoms with E-state index in [9.17, 15) is 17.8 Å². The van der Waals surface area contributed by atoms with E-state index in [0.29, 0.717) is 53.5 Å². The first-order valence-corrected chi connectivity index (χ1v) is 13.0. The number of rotatable bonds is 4. The number of hydrogen-bond donors (Lipinski definition) is 1. The summed E-state index contributed by atoms with van der Waals surface area (Å²) in [6.07, 6.45) is 2.61. The molecule has 0 spiro atoms. The average molecular weight is 492 g/mol. The van der Waals surface area contributed by atoms with Crippen molar-refractivity contribution in [2.45, 2.75) is 56.5 Å². The van der Waals surface area contributed by atoms with Crippen molar-refractivity contribution in [3.63, 3.8) is 0 Å². The molecule has 2 aromatic rings. The monoisotopic (exact) mass is 491 g/mol. The summed E-state index contributed by atoms with van der Waals surface area (Å²) >= 11 is 6.59. The number of fused-ring (bicyclic) bond motifs is 4. The number of ether oxygens (including phenoxy) is 2. The molecule has 1 unspecified atom stereocenters. The van der Waals surface area contributed by atoms with Crippen LogP contribution in [0.15, 0.2) is 29.2 Å². The summed E-state index contributed by atoms with van der Waals surface area (Å²) in [6.45, 7) is 4.72. The van der Waals surface area contributed by atoms with Gasteiger partial charge in [0.1, 0.15) is 0 Å². The Morgan fingerprint density at radius 1 is 1.21 bits per heavy atom. The maximum Gasteiger partial charge on any atom is 0.294 e. The Kier molecular flexibility index (Phi) is 5.68. The zero-order chi connectivity index (χ0) is 23.5. The summed E-state index contributed by atoms with van der Waals surface area (Å²) in [6, 6.07) is 6.33. The van der Waals surface area contributed by atoms with Crippen LogP contribution in [-0.4, -0.2) is 43.0 Å². The molecular formula is C24H26ClNO6S. The van der Waals surface area contributed by atoms with Crippen molar-refractivity contribution < 1.29 is 27.2 Å². The van der Waals surface area contributed by atoms with Gasteiger partial charge in [0.25, 0.3) is 10.1 Å². The number of hydrogen-bond acceptors (Lipinski definition) is 6. The lowest BCUT2D eigenvalue weighted by atomic mass is 9.71. The third-order valence-corrected chi connectivity index (χ3v) is 8.30. The number of carbonyl (C=O) groups excluding carboxylic acids is 1. The van der Waals surface area contributed by atoms with E-state index in [0.717, 1.165) is 17.5 Å². The van der Waals surface area contributed by atoms with E-state index >= 15 is 0 Å². The van der Waals surface area contributed by atoms with Gasteiger partial charge in [-0.05, 0) is 56.3 Å². The van der Waals surface area contributed by atoms with Crippen LogP contribution >= 0.6 is 11.6 Å². The molecule has 1 fully saturated rings. The topological polar surface area (TPSA) is 93.1 Å². The molecule has 1 aliphatic carbocycles. The number of carbonyl (C=O) groups is 1. The van der Waals surface area contributed by atoms with Crippen LogP contribution in [0, 0.1) is 12.8 Å². The van der Waals surface area contributed by atoms with Crippen LogP contribution in [0.25, 0.3) is 0 Å². The molecule has 3 atom stereocenters. The Bertz CT molecular complexity index is 1240. The van der Waals surface area contributed by atoms with E-state index < -0.39 is 10.1 Å². The van der Waals surface area contributed by atoms with Gasteiger partial charge in [0.15, 0.2) is 17.3 Å². The number of ketones is 1. The number of nitrogens with zero attached hydrogens (tertiary/aromatic N) is 1. The largest absolute Gasteiger partial charge is 0.454 e. The van der Waals surface area contributed by atoms with Gasteiger partial charge in [0, 0.05) is 29.1 Å². The van der Waals surface area contributed by atoms with Crippen LogP contribution in [0.1, 0.15) is 59.3 Å². The molecule has 1 N–H and O–H groups in total. The maximum atomic E-state index is 13.7. The lowest BCUT2D eigenvalue weighted by Crippen LogP contribution is -2.53. The minimum atomic E-state index is -4.39. The lowest BCUT2D eigenvalue weighted by molar-refractivity contribution is 0.0290. The predicted molar refractivity (Wildman–Crippen MR) is 123 cm³/mol. The average Bonchev–Trinajstić information content (AvgIpc) is 3.21. The first kappa shape index (κ1) is 22.7. The van der Waals surface area contributed by atoms with E-state index in [1.54, 1.807) is 12.1 Å². The Balaban J connectivity index is 1.60. The summed E-state index contributed by atoms with van der Waals surface area (Å²) in [5.41, 5.74) is 2.78. The molecule has 3 aliphatic rings. The second-order valence-electron chi connectivity index (χ2n) is 9.04. The fourth-order valence-corrected chi connectivity index (χ4v) is 6.71. The van der Waals surface area contributed by atoms with Gasteiger partial charge in [0.2, 0.25) is 6.79 Å². The number of benzene rings is 2. The van der Waals surface area contributed by atoms with Gasteiger partial charge in [0.05, 0.1) is 10.5 Å². The SMILES string of the molecule is CCCN1C(c2cc(C)ccc2S(=O)(=O)O)CC[C@@H]2C(=O)c3c(c(Cl)cc4c3OCO4)C[C@H]21. The number of halogens is 1. The molecule has 2 heterocycles. The van der Waals surface area contributed by atoms with Gasteiger partial charge in [-0.1, -0.05) is 36.2 Å². The van der Waals surface area contributed by atoms with Crippen LogP contribution in [0.3, 0.4) is 0 Å². The number of piperidine rings is 1. The highest BCUT2D eigenvalue weighted by molar-refractivity contribution is 7.85. The zero-order valence-corrected chi connectivity index (χ0v) is 20.1. The first-order chi connectivity index (χ1) is 15.7. The van der Waals surface area contributed by atoms with Crippen LogP contribution in [0.2, 0.25) is 5.02 Å². The Labute approximate surface area is 198 Å². The van der Waals surface area contributed by atoms with Gasteiger partial charge in [-0.25, -0.2) is 0 Å². The lowest BCUT2D eigenvalue weighted by Gasteiger charge is -2.48. The molecule has 0 radical (unpaired) electrons. The molecule has 0 amide bonds. The highest BCUT2D eigenvalue weighted by Crippen LogP contribution is 2.50. The summed E-state index contributed by atoms with van der Waals surface area (Å²) in [7, 11) is -4.39. The quantitative estimate of drug-likeness (QED) is 0.625. The number of aryl methyl sites for hydroxylation is 1. The van der Waals surface area contributed by atoms with Crippen molar-refractivity contribution in [2.75, 3.05) is 13.3 Å². The van der Waals surface area contributed by atoms with E-state index in [4.69, 9.17) is 21.1 Å². The molecule has 9 heteroatoms. The molecule has 33 heavy (non-hydrogen) atoms. The predicted octanol–water partition coefficient (Wildman–Crippen LogP) is 4.59. The third kappa shape index (κ3) is 3.73. The number of Topliss-reactive ketones (excluding diaryl/α,β-unsaturated/α-hetero) is 1. The molecular weight excluding hydrogens is 466 g/mol. The summed E-state index contributed by atoms with van der Waals surface area (Å²) in [5.74, 6) is 0.743. The summed E-state index contributed by atoms with van der Waals surface area (Å²) in [4.78, 5) is 15.8. The summed E-state index contributed by atoms with van der Waals surface area (Å²) < 4.78 is 45.3. The Hall–Kier alpha value is -2.13. The fraction of sp³-hybridized carbons (Fsp3) is 0.458. The van der Waals surface area contributed by atoms with Crippen LogP contribution in [0.5, 0.6) is 11.5 Å². The highest BCUT2D eigenvalue weighted by atomic mass is 35.5. The first-order valence-electron chi connectivity index (χ1n) is 11.2. The number of likely N-dealkylation sites (tertiary alicyclic amines) is 1. The Morgan fingerprint density at radius 3 is 2.73 bits per heavy atom. The molecule has 2 aromatic carbocycles. The fourth-order valence-electron chi connectivity index (χ4n) is 5.70. The van der Waals surface area contributed by atoms with Crippen molar-refractivity contribution >= 4 is 27.5 Å².